The van der Waals surface area contributed by atoms with E-state index in [1.807, 2.05) is 0 Å². The normalized spacial score (nSPS) is 11.2. The van der Waals surface area contributed by atoms with E-state index in [0.29, 0.717) is 0 Å². The third-order valence-electron chi connectivity index (χ3n) is 2.90. The second kappa shape index (κ2) is 8.59. The number of ketones is 1. The van der Waals surface area contributed by atoms with E-state index in [-0.39, 0.29) is 12.1 Å². The van der Waals surface area contributed by atoms with E-state index in [2.05, 4.69) is 14.2 Å². The second-order valence-electron chi connectivity index (χ2n) is 4.58. The van der Waals surface area contributed by atoms with E-state index in [4.69, 9.17) is 0 Å². The minimum absolute atomic E-state index is 0.114. The van der Waals surface area contributed by atoms with Crippen molar-refractivity contribution in [2.24, 2.45) is 0 Å². The van der Waals surface area contributed by atoms with Crippen molar-refractivity contribution in [2.75, 3.05) is 13.2 Å². The van der Waals surface area contributed by atoms with E-state index < -0.39 is 66.2 Å². The molecule has 0 aromatic heterocycles. The van der Waals surface area contributed by atoms with Gasteiger partial charge >= 0.3 is 24.2 Å². The molecule has 0 saturated carbocycles. The molecule has 0 unspecified atom stereocenters. The summed E-state index contributed by atoms with van der Waals surface area (Å²) in [6, 6.07) is 0.336. The third kappa shape index (κ3) is 4.27. The van der Waals surface area contributed by atoms with Gasteiger partial charge < -0.3 is 14.2 Å². The van der Waals surface area contributed by atoms with Crippen LogP contribution in [0.3, 0.4) is 0 Å². The maximum absolute atomic E-state index is 15.0. The summed E-state index contributed by atoms with van der Waals surface area (Å²) in [5.41, 5.74) is -5.17. The average Bonchev–Trinajstić information content (AvgIpc) is 2.57. The lowest BCUT2D eigenvalue weighted by atomic mass is 9.94. The Morgan fingerprint density at radius 3 is 1.96 bits per heavy atom. The number of rotatable bonds is 8. The highest BCUT2D eigenvalue weighted by Gasteiger charge is 2.57. The Bertz CT molecular complexity index is 688. The van der Waals surface area contributed by atoms with Crippen LogP contribution >= 0.6 is 0 Å². The largest absolute Gasteiger partial charge is 0.463 e. The quantitative estimate of drug-likeness (QED) is 0.297. The van der Waals surface area contributed by atoms with Crippen LogP contribution in [0, 0.1) is 11.6 Å². The van der Waals surface area contributed by atoms with E-state index in [1.165, 1.54) is 13.8 Å². The van der Waals surface area contributed by atoms with Gasteiger partial charge in [0.1, 0.15) is 0 Å². The fourth-order valence-corrected chi connectivity index (χ4v) is 1.81. The molecule has 0 aliphatic rings. The van der Waals surface area contributed by atoms with Crippen molar-refractivity contribution in [1.29, 1.82) is 0 Å². The van der Waals surface area contributed by atoms with Crippen LogP contribution in [0.4, 0.5) is 22.0 Å². The number of hydrogen-bond acceptors (Lipinski definition) is 6. The number of esters is 2. The number of hydrogen-bond donors (Lipinski definition) is 0. The van der Waals surface area contributed by atoms with Crippen LogP contribution in [0.15, 0.2) is 12.1 Å². The van der Waals surface area contributed by atoms with Gasteiger partial charge in [-0.2, -0.15) is 13.2 Å². The SMILES string of the molecule is CCOC(=O)C(F)(C(=O)OCC)C(=O)c1cc(F)c(F)c(OC(F)F)c1. The summed E-state index contributed by atoms with van der Waals surface area (Å²) in [7, 11) is 0. The minimum atomic E-state index is -4.04. The highest BCUT2D eigenvalue weighted by Crippen LogP contribution is 2.29. The Kier molecular flexibility index (Phi) is 7.04. The molecule has 0 bridgehead atoms. The van der Waals surface area contributed by atoms with Crippen molar-refractivity contribution < 1.29 is 50.5 Å². The van der Waals surface area contributed by atoms with Crippen molar-refractivity contribution >= 4 is 17.7 Å². The lowest BCUT2D eigenvalue weighted by Crippen LogP contribution is -2.51. The molecule has 0 N–H and O–H groups in total. The van der Waals surface area contributed by atoms with Gasteiger partial charge in [-0.1, -0.05) is 0 Å². The molecule has 1 rings (SSSR count). The molecule has 1 aromatic carbocycles. The second-order valence-corrected chi connectivity index (χ2v) is 4.58. The van der Waals surface area contributed by atoms with E-state index in [1.54, 1.807) is 0 Å². The van der Waals surface area contributed by atoms with Crippen LogP contribution in [0.25, 0.3) is 0 Å². The van der Waals surface area contributed by atoms with E-state index >= 15 is 0 Å². The number of halogens is 5. The third-order valence-corrected chi connectivity index (χ3v) is 2.90. The maximum atomic E-state index is 15.0. The van der Waals surface area contributed by atoms with Gasteiger partial charge in [-0.15, -0.1) is 0 Å². The van der Waals surface area contributed by atoms with Gasteiger partial charge in [0.05, 0.1) is 13.2 Å². The number of benzene rings is 1. The van der Waals surface area contributed by atoms with Crippen molar-refractivity contribution in [3.63, 3.8) is 0 Å². The first-order chi connectivity index (χ1) is 12.1. The van der Waals surface area contributed by atoms with Gasteiger partial charge in [0.2, 0.25) is 11.6 Å². The summed E-state index contributed by atoms with van der Waals surface area (Å²) in [5.74, 6) is -11.0. The maximum Gasteiger partial charge on any atom is 0.387 e. The molecule has 0 saturated heterocycles. The van der Waals surface area contributed by atoms with Crippen molar-refractivity contribution in [3.05, 3.63) is 29.3 Å². The fraction of sp³-hybridized carbons (Fsp3) is 0.400. The molecular formula is C15H13F5O6. The van der Waals surface area contributed by atoms with Crippen LogP contribution in [-0.4, -0.2) is 43.2 Å². The van der Waals surface area contributed by atoms with Gasteiger partial charge in [-0.25, -0.2) is 18.4 Å². The summed E-state index contributed by atoms with van der Waals surface area (Å²) in [5, 5.41) is 0. The summed E-state index contributed by atoms with van der Waals surface area (Å²) in [6.45, 7) is -1.93. The summed E-state index contributed by atoms with van der Waals surface area (Å²) < 4.78 is 78.7. The Morgan fingerprint density at radius 1 is 1.04 bits per heavy atom. The van der Waals surface area contributed by atoms with Gasteiger partial charge in [0, 0.05) is 5.56 Å². The Morgan fingerprint density at radius 2 is 1.54 bits per heavy atom. The molecule has 0 radical (unpaired) electrons. The van der Waals surface area contributed by atoms with Crippen molar-refractivity contribution in [1.82, 2.24) is 0 Å². The lowest BCUT2D eigenvalue weighted by molar-refractivity contribution is -0.169. The lowest BCUT2D eigenvalue weighted by Gasteiger charge is -2.20. The first-order valence-corrected chi connectivity index (χ1v) is 7.11. The smallest absolute Gasteiger partial charge is 0.387 e. The molecule has 0 spiro atoms. The van der Waals surface area contributed by atoms with Gasteiger partial charge in [-0.3, -0.25) is 4.79 Å². The summed E-state index contributed by atoms with van der Waals surface area (Å²) in [6.07, 6.45) is 0. The van der Waals surface area contributed by atoms with Gasteiger partial charge in [0.15, 0.2) is 11.6 Å². The molecule has 6 nitrogen and oxygen atoms in total. The fourth-order valence-electron chi connectivity index (χ4n) is 1.81. The molecule has 26 heavy (non-hydrogen) atoms. The number of carbonyl (C=O) groups is 3. The zero-order valence-corrected chi connectivity index (χ0v) is 13.5. The summed E-state index contributed by atoms with van der Waals surface area (Å²) >= 11 is 0. The molecule has 0 atom stereocenters. The van der Waals surface area contributed by atoms with Crippen LogP contribution in [0.2, 0.25) is 0 Å². The van der Waals surface area contributed by atoms with Crippen LogP contribution in [-0.2, 0) is 19.1 Å². The monoisotopic (exact) mass is 384 g/mol. The van der Waals surface area contributed by atoms with Crippen LogP contribution < -0.4 is 4.74 Å². The Balaban J connectivity index is 3.45. The number of Topliss-reactive ketones (excluding diaryl/α,β-unsaturated/α-hetero) is 1. The number of alkyl halides is 3. The predicted molar refractivity (Wildman–Crippen MR) is 74.4 cm³/mol. The molecule has 11 heteroatoms. The minimum Gasteiger partial charge on any atom is -0.463 e. The van der Waals surface area contributed by atoms with Crippen molar-refractivity contribution in [2.45, 2.75) is 26.1 Å². The number of ether oxygens (including phenoxy) is 3. The molecule has 144 valence electrons. The van der Waals surface area contributed by atoms with E-state index in [0.717, 1.165) is 0 Å². The molecule has 0 amide bonds. The van der Waals surface area contributed by atoms with E-state index in [9.17, 15) is 36.3 Å². The highest BCUT2D eigenvalue weighted by molar-refractivity contribution is 6.29. The zero-order valence-electron chi connectivity index (χ0n) is 13.5. The molecule has 0 aliphatic carbocycles. The molecular weight excluding hydrogens is 371 g/mol. The van der Waals surface area contributed by atoms with Crippen LogP contribution in [0.1, 0.15) is 24.2 Å². The first-order valence-electron chi connectivity index (χ1n) is 7.11. The first kappa shape index (κ1) is 21.3. The average molecular weight is 384 g/mol. The van der Waals surface area contributed by atoms with Gasteiger partial charge in [-0.05, 0) is 26.0 Å². The van der Waals surface area contributed by atoms with Crippen LogP contribution in [0.5, 0.6) is 5.75 Å². The van der Waals surface area contributed by atoms with Crippen molar-refractivity contribution in [3.8, 4) is 5.75 Å². The summed E-state index contributed by atoms with van der Waals surface area (Å²) in [4.78, 5) is 35.8. The molecule has 0 fully saturated rings. The number of carbonyl (C=O) groups excluding carboxylic acids is 3. The highest BCUT2D eigenvalue weighted by atomic mass is 19.3. The Hall–Kier alpha value is -2.72. The molecule has 0 aliphatic heterocycles. The standard InChI is InChI=1S/C15H13F5O6/c1-3-24-12(22)15(20,13(23)25-4-2)11(21)7-5-8(16)10(17)9(6-7)26-14(18)19/h5-6,14H,3-4H2,1-2H3. The predicted octanol–water partition coefficient (Wildman–Crippen LogP) is 2.58. The van der Waals surface area contributed by atoms with Gasteiger partial charge in [0.25, 0.3) is 0 Å². The zero-order chi connectivity index (χ0) is 20.1. The topological polar surface area (TPSA) is 78.9 Å². The molecule has 0 heterocycles. The Labute approximate surface area is 143 Å². The molecule has 1 aromatic rings.